The lowest BCUT2D eigenvalue weighted by Crippen LogP contribution is -2.25. The molecule has 0 amide bonds. The van der Waals surface area contributed by atoms with Crippen LogP contribution in [0.5, 0.6) is 5.88 Å². The fourth-order valence-corrected chi connectivity index (χ4v) is 4.63. The maximum atomic E-state index is 12.2. The van der Waals surface area contributed by atoms with Crippen molar-refractivity contribution in [2.45, 2.75) is 43.5 Å². The Labute approximate surface area is 186 Å². The predicted molar refractivity (Wildman–Crippen MR) is 118 cm³/mol. The number of benzene rings is 1. The summed E-state index contributed by atoms with van der Waals surface area (Å²) in [6, 6.07) is 12.9. The first kappa shape index (κ1) is 21.7. The van der Waals surface area contributed by atoms with Gasteiger partial charge in [-0.25, -0.2) is 18.1 Å². The molecule has 1 aliphatic rings. The van der Waals surface area contributed by atoms with Crippen LogP contribution in [0.2, 0.25) is 5.02 Å². The molecule has 1 N–H and O–H groups in total. The second kappa shape index (κ2) is 9.33. The van der Waals surface area contributed by atoms with E-state index in [0.29, 0.717) is 16.7 Å². The van der Waals surface area contributed by atoms with Gasteiger partial charge in [-0.05, 0) is 63.1 Å². The number of ether oxygens (including phenoxy) is 1. The Morgan fingerprint density at radius 3 is 2.48 bits per heavy atom. The fourth-order valence-electron chi connectivity index (χ4n) is 3.83. The quantitative estimate of drug-likeness (QED) is 0.578. The highest BCUT2D eigenvalue weighted by atomic mass is 35.5. The molecule has 0 unspecified atom stereocenters. The predicted octanol–water partition coefficient (Wildman–Crippen LogP) is 3.47. The van der Waals surface area contributed by atoms with E-state index in [9.17, 15) is 8.42 Å². The molecule has 10 heteroatoms. The van der Waals surface area contributed by atoms with Gasteiger partial charge in [0.1, 0.15) is 17.7 Å². The largest absolute Gasteiger partial charge is 0.474 e. The molecule has 0 radical (unpaired) electrons. The summed E-state index contributed by atoms with van der Waals surface area (Å²) >= 11 is 6.05. The van der Waals surface area contributed by atoms with E-state index < -0.39 is 10.0 Å². The van der Waals surface area contributed by atoms with Crippen molar-refractivity contribution in [3.8, 4) is 11.6 Å². The molecule has 3 aromatic rings. The lowest BCUT2D eigenvalue weighted by Gasteiger charge is -2.28. The summed E-state index contributed by atoms with van der Waals surface area (Å²) in [5, 5.41) is 9.24. The van der Waals surface area contributed by atoms with Gasteiger partial charge in [-0.1, -0.05) is 17.7 Å². The lowest BCUT2D eigenvalue weighted by molar-refractivity contribution is 0.139. The molecule has 1 fully saturated rings. The molecule has 0 aliphatic heterocycles. The van der Waals surface area contributed by atoms with Crippen LogP contribution in [-0.4, -0.2) is 41.3 Å². The van der Waals surface area contributed by atoms with E-state index in [0.717, 1.165) is 37.2 Å². The van der Waals surface area contributed by atoms with Gasteiger partial charge in [0.2, 0.25) is 15.9 Å². The summed E-state index contributed by atoms with van der Waals surface area (Å²) < 4.78 is 34.5. The van der Waals surface area contributed by atoms with Crippen LogP contribution >= 0.6 is 11.6 Å². The number of rotatable bonds is 7. The monoisotopic (exact) mass is 461 g/mol. The highest BCUT2D eigenvalue weighted by Gasteiger charge is 2.29. The number of pyridine rings is 1. The van der Waals surface area contributed by atoms with Crippen LogP contribution in [0.15, 0.2) is 48.7 Å². The molecule has 0 spiro atoms. The van der Waals surface area contributed by atoms with Gasteiger partial charge < -0.3 is 4.74 Å². The standard InChI is InChI=1S/C21H24ClN5O3S/c1-23-31(28,29)14-19-25-26-21(27(19)17-9-7-16(22)8-10-17)15-5-11-18(12-6-15)30-20-4-2-3-13-24-20/h2-4,7-10,13,15,18,23H,5-6,11-12,14H2,1H3/t15-,18-. The highest BCUT2D eigenvalue weighted by molar-refractivity contribution is 7.88. The summed E-state index contributed by atoms with van der Waals surface area (Å²) in [5.74, 6) is 1.67. The van der Waals surface area contributed by atoms with Crippen molar-refractivity contribution in [1.29, 1.82) is 0 Å². The summed E-state index contributed by atoms with van der Waals surface area (Å²) in [4.78, 5) is 4.23. The minimum absolute atomic E-state index is 0.0993. The highest BCUT2D eigenvalue weighted by Crippen LogP contribution is 2.35. The molecule has 2 heterocycles. The van der Waals surface area contributed by atoms with E-state index in [1.165, 1.54) is 7.05 Å². The average Bonchev–Trinajstić information content (AvgIpc) is 3.18. The molecule has 1 aliphatic carbocycles. The molecule has 0 atom stereocenters. The van der Waals surface area contributed by atoms with Crippen molar-refractivity contribution in [2.24, 2.45) is 0 Å². The molecule has 0 bridgehead atoms. The van der Waals surface area contributed by atoms with Gasteiger partial charge >= 0.3 is 0 Å². The van der Waals surface area contributed by atoms with Gasteiger partial charge in [0.05, 0.1) is 0 Å². The Bertz CT molecular complexity index is 1110. The minimum Gasteiger partial charge on any atom is -0.474 e. The molecule has 1 saturated carbocycles. The molecule has 1 aromatic carbocycles. The third-order valence-corrected chi connectivity index (χ3v) is 6.95. The van der Waals surface area contributed by atoms with Crippen LogP contribution in [0.1, 0.15) is 43.3 Å². The average molecular weight is 462 g/mol. The number of sulfonamides is 1. The molecule has 4 rings (SSSR count). The van der Waals surface area contributed by atoms with E-state index in [2.05, 4.69) is 19.9 Å². The summed E-state index contributed by atoms with van der Waals surface area (Å²) in [6.07, 6.45) is 5.26. The van der Waals surface area contributed by atoms with Gasteiger partial charge in [-0.2, -0.15) is 0 Å². The van der Waals surface area contributed by atoms with E-state index >= 15 is 0 Å². The number of hydrogen-bond donors (Lipinski definition) is 1. The number of nitrogens with one attached hydrogen (secondary N) is 1. The van der Waals surface area contributed by atoms with Gasteiger partial charge in [0.15, 0.2) is 5.82 Å². The molecule has 31 heavy (non-hydrogen) atoms. The molecule has 0 saturated heterocycles. The van der Waals surface area contributed by atoms with Gasteiger partial charge in [-0.15, -0.1) is 10.2 Å². The van der Waals surface area contributed by atoms with Gasteiger partial charge in [-0.3, -0.25) is 4.57 Å². The van der Waals surface area contributed by atoms with Gasteiger partial charge in [0, 0.05) is 28.9 Å². The topological polar surface area (TPSA) is 99.0 Å². The van der Waals surface area contributed by atoms with Crippen LogP contribution in [0.4, 0.5) is 0 Å². The Morgan fingerprint density at radius 2 is 1.84 bits per heavy atom. The van der Waals surface area contributed by atoms with E-state index in [1.807, 2.05) is 34.9 Å². The molecule has 164 valence electrons. The first-order valence-corrected chi connectivity index (χ1v) is 12.2. The number of halogens is 1. The molecular formula is C21H24ClN5O3S. The molecule has 2 aromatic heterocycles. The van der Waals surface area contributed by atoms with Crippen LogP contribution in [0.25, 0.3) is 5.69 Å². The smallest absolute Gasteiger partial charge is 0.218 e. The van der Waals surface area contributed by atoms with Gasteiger partial charge in [0.25, 0.3) is 0 Å². The molecule has 8 nitrogen and oxygen atoms in total. The number of nitrogens with zero attached hydrogens (tertiary/aromatic N) is 4. The van der Waals surface area contributed by atoms with E-state index in [1.54, 1.807) is 18.3 Å². The summed E-state index contributed by atoms with van der Waals surface area (Å²) in [7, 11) is -2.11. The number of hydrogen-bond acceptors (Lipinski definition) is 6. The fraction of sp³-hybridized carbons (Fsp3) is 0.381. The first-order chi connectivity index (χ1) is 14.9. The van der Waals surface area contributed by atoms with Crippen molar-refractivity contribution >= 4 is 21.6 Å². The second-order valence-corrected chi connectivity index (χ2v) is 9.87. The van der Waals surface area contributed by atoms with Crippen LogP contribution in [-0.2, 0) is 15.8 Å². The number of aromatic nitrogens is 4. The molecular weight excluding hydrogens is 438 g/mol. The minimum atomic E-state index is -3.50. The zero-order chi connectivity index (χ0) is 21.8. The van der Waals surface area contributed by atoms with Crippen molar-refractivity contribution in [1.82, 2.24) is 24.5 Å². The Kier molecular flexibility index (Phi) is 6.54. The van der Waals surface area contributed by atoms with Crippen molar-refractivity contribution in [3.05, 3.63) is 65.3 Å². The van der Waals surface area contributed by atoms with E-state index in [-0.39, 0.29) is 17.8 Å². The van der Waals surface area contributed by atoms with Crippen LogP contribution in [0, 0.1) is 0 Å². The van der Waals surface area contributed by atoms with Crippen molar-refractivity contribution < 1.29 is 13.2 Å². The van der Waals surface area contributed by atoms with Crippen LogP contribution in [0.3, 0.4) is 0 Å². The summed E-state index contributed by atoms with van der Waals surface area (Å²) in [6.45, 7) is 0. The third kappa shape index (κ3) is 5.23. The Morgan fingerprint density at radius 1 is 1.10 bits per heavy atom. The van der Waals surface area contributed by atoms with Crippen LogP contribution < -0.4 is 9.46 Å². The third-order valence-electron chi connectivity index (χ3n) is 5.43. The Balaban J connectivity index is 1.57. The maximum Gasteiger partial charge on any atom is 0.218 e. The normalized spacial score (nSPS) is 19.3. The maximum absolute atomic E-state index is 12.2. The van der Waals surface area contributed by atoms with E-state index in [4.69, 9.17) is 16.3 Å². The Hall–Kier alpha value is -2.49. The zero-order valence-electron chi connectivity index (χ0n) is 17.1. The first-order valence-electron chi connectivity index (χ1n) is 10.1. The van der Waals surface area contributed by atoms with Crippen molar-refractivity contribution in [3.63, 3.8) is 0 Å². The van der Waals surface area contributed by atoms with Crippen molar-refractivity contribution in [2.75, 3.05) is 7.05 Å². The second-order valence-electron chi connectivity index (χ2n) is 7.51. The lowest BCUT2D eigenvalue weighted by atomic mass is 9.86. The summed E-state index contributed by atoms with van der Waals surface area (Å²) in [5.41, 5.74) is 0.789. The SMILES string of the molecule is CNS(=O)(=O)Cc1nnc([C@H]2CC[C@H](Oc3ccccn3)CC2)n1-c1ccc(Cl)cc1. The zero-order valence-corrected chi connectivity index (χ0v) is 18.7.